The van der Waals surface area contributed by atoms with Gasteiger partial charge in [0.2, 0.25) is 12.7 Å². The minimum Gasteiger partial charge on any atom is -0.454 e. The number of carbonyl (C=O) groups is 2. The summed E-state index contributed by atoms with van der Waals surface area (Å²) >= 11 is 0. The molecule has 7 heteroatoms. The Labute approximate surface area is 186 Å². The maximum absolute atomic E-state index is 14.8. The van der Waals surface area contributed by atoms with Gasteiger partial charge in [-0.15, -0.1) is 0 Å². The lowest BCUT2D eigenvalue weighted by Crippen LogP contribution is -2.30. The second-order valence-corrected chi connectivity index (χ2v) is 10.2. The Kier molecular flexibility index (Phi) is 4.69. The number of anilines is 2. The number of halogens is 1. The molecule has 1 fully saturated rings. The third-order valence-corrected chi connectivity index (χ3v) is 6.40. The second-order valence-electron chi connectivity index (χ2n) is 10.2. The van der Waals surface area contributed by atoms with Crippen LogP contribution in [-0.2, 0) is 21.4 Å². The molecule has 1 amide bonds. The van der Waals surface area contributed by atoms with E-state index in [4.69, 9.17) is 9.47 Å². The third kappa shape index (κ3) is 3.70. The minimum absolute atomic E-state index is 0.106. The summed E-state index contributed by atoms with van der Waals surface area (Å²) in [6.07, 6.45) is 2.31. The Hall–Kier alpha value is -3.09. The summed E-state index contributed by atoms with van der Waals surface area (Å²) in [7, 11) is 0. The van der Waals surface area contributed by atoms with Crippen LogP contribution in [0.25, 0.3) is 0 Å². The van der Waals surface area contributed by atoms with E-state index >= 15 is 0 Å². The van der Waals surface area contributed by atoms with Gasteiger partial charge in [-0.2, -0.15) is 0 Å². The maximum atomic E-state index is 14.8. The van der Waals surface area contributed by atoms with E-state index < -0.39 is 11.2 Å². The van der Waals surface area contributed by atoms with E-state index in [9.17, 15) is 14.0 Å². The van der Waals surface area contributed by atoms with Crippen molar-refractivity contribution < 1.29 is 23.5 Å². The molecule has 3 aliphatic rings. The van der Waals surface area contributed by atoms with Gasteiger partial charge in [0, 0.05) is 18.5 Å². The van der Waals surface area contributed by atoms with Crippen LogP contribution in [0.4, 0.5) is 15.8 Å². The van der Waals surface area contributed by atoms with Gasteiger partial charge in [0.15, 0.2) is 17.3 Å². The van der Waals surface area contributed by atoms with Gasteiger partial charge >= 0.3 is 0 Å². The van der Waals surface area contributed by atoms with E-state index in [1.807, 2.05) is 32.9 Å². The lowest BCUT2D eigenvalue weighted by molar-refractivity contribution is -0.121. The Morgan fingerprint density at radius 1 is 1.16 bits per heavy atom. The Morgan fingerprint density at radius 2 is 1.91 bits per heavy atom. The van der Waals surface area contributed by atoms with Crippen LogP contribution in [0.2, 0.25) is 0 Å². The number of rotatable bonds is 5. The first-order valence-electron chi connectivity index (χ1n) is 11.0. The summed E-state index contributed by atoms with van der Waals surface area (Å²) in [4.78, 5) is 25.8. The molecule has 0 radical (unpaired) electrons. The van der Waals surface area contributed by atoms with Gasteiger partial charge in [-0.05, 0) is 53.6 Å². The highest BCUT2D eigenvalue weighted by atomic mass is 19.1. The van der Waals surface area contributed by atoms with Crippen LogP contribution in [0.15, 0.2) is 30.3 Å². The van der Waals surface area contributed by atoms with Crippen LogP contribution in [0, 0.1) is 11.2 Å². The molecule has 32 heavy (non-hydrogen) atoms. The van der Waals surface area contributed by atoms with Crippen LogP contribution in [0.3, 0.4) is 0 Å². The van der Waals surface area contributed by atoms with E-state index in [1.54, 1.807) is 12.1 Å². The number of Topliss-reactive ketones (excluding diaryl/α,β-unsaturated/α-hetero) is 1. The summed E-state index contributed by atoms with van der Waals surface area (Å²) in [6.45, 7) is 6.24. The molecule has 0 saturated heterocycles. The van der Waals surface area contributed by atoms with Gasteiger partial charge in [-0.1, -0.05) is 26.8 Å². The number of amides is 1. The van der Waals surface area contributed by atoms with Crippen molar-refractivity contribution in [1.29, 1.82) is 0 Å². The van der Waals surface area contributed by atoms with E-state index in [0.29, 0.717) is 42.9 Å². The molecular weight excluding hydrogens is 411 g/mol. The summed E-state index contributed by atoms with van der Waals surface area (Å²) in [5.41, 5.74) is 1.65. The zero-order valence-corrected chi connectivity index (χ0v) is 18.5. The maximum Gasteiger partial charge on any atom is 0.235 e. The molecule has 0 aromatic heterocycles. The van der Waals surface area contributed by atoms with Crippen molar-refractivity contribution in [2.45, 2.75) is 57.9 Å². The van der Waals surface area contributed by atoms with Crippen molar-refractivity contribution in [3.63, 3.8) is 0 Å². The number of nitrogens with one attached hydrogen (secondary N) is 2. The van der Waals surface area contributed by atoms with Crippen molar-refractivity contribution in [3.8, 4) is 11.5 Å². The molecule has 2 N–H and O–H groups in total. The smallest absolute Gasteiger partial charge is 0.235 e. The summed E-state index contributed by atoms with van der Waals surface area (Å²) in [5.74, 6) is 0.649. The number of hydrogen-bond acceptors (Lipinski definition) is 5. The molecule has 2 aromatic rings. The Bertz CT molecular complexity index is 1120. The quantitative estimate of drug-likeness (QED) is 0.715. The highest BCUT2D eigenvalue weighted by Gasteiger charge is 2.52. The number of carbonyl (C=O) groups excluding carboxylic acids is 2. The molecule has 0 spiro atoms. The van der Waals surface area contributed by atoms with E-state index in [0.717, 1.165) is 11.1 Å². The molecular formula is C25H27FN2O4. The Balaban J connectivity index is 1.32. The number of ketones is 1. The fraction of sp³-hybridized carbons (Fsp3) is 0.440. The molecule has 0 bridgehead atoms. The summed E-state index contributed by atoms with van der Waals surface area (Å²) < 4.78 is 25.6. The summed E-state index contributed by atoms with van der Waals surface area (Å²) in [6, 6.07) is 8.17. The number of fused-ring (bicyclic) bond motifs is 2. The Morgan fingerprint density at radius 3 is 2.62 bits per heavy atom. The normalized spacial score (nSPS) is 19.8. The number of benzene rings is 2. The lowest BCUT2D eigenvalue weighted by atomic mass is 9.87. The monoisotopic (exact) mass is 438 g/mol. The van der Waals surface area contributed by atoms with Gasteiger partial charge < -0.3 is 20.1 Å². The first-order valence-corrected chi connectivity index (χ1v) is 11.0. The van der Waals surface area contributed by atoms with Crippen molar-refractivity contribution in [1.82, 2.24) is 0 Å². The molecule has 2 aliphatic heterocycles. The third-order valence-electron chi connectivity index (χ3n) is 6.40. The first-order chi connectivity index (χ1) is 15.1. The molecule has 6 nitrogen and oxygen atoms in total. The van der Waals surface area contributed by atoms with Crippen molar-refractivity contribution >= 4 is 23.1 Å². The predicted molar refractivity (Wildman–Crippen MR) is 119 cm³/mol. The molecule has 1 aliphatic carbocycles. The fourth-order valence-corrected chi connectivity index (χ4v) is 4.52. The van der Waals surface area contributed by atoms with Crippen molar-refractivity contribution in [2.24, 2.45) is 5.41 Å². The predicted octanol–water partition coefficient (Wildman–Crippen LogP) is 4.57. The van der Waals surface area contributed by atoms with Gasteiger partial charge in [0.1, 0.15) is 5.82 Å². The molecule has 2 aromatic carbocycles. The standard InChI is InChI=1S/C25H27FN2O4/c1-24(2,3)12-20(29)19-9-14-8-18(16(26)11-17(14)27-19)28-23(30)25(6-7-25)15-4-5-21-22(10-15)32-13-31-21/h4-5,8,10-11,19,27H,6-7,9,12-13H2,1-3H3,(H,28,30). The van der Waals surface area contributed by atoms with Gasteiger partial charge in [-0.25, -0.2) is 4.39 Å². The minimum atomic E-state index is -0.685. The van der Waals surface area contributed by atoms with E-state index in [2.05, 4.69) is 10.6 Å². The SMILES string of the molecule is CC(C)(C)CC(=O)C1Cc2cc(NC(=O)C3(c4ccc5c(c4)OCO5)CC3)c(F)cc2N1. The van der Waals surface area contributed by atoms with Gasteiger partial charge in [0.05, 0.1) is 17.1 Å². The highest BCUT2D eigenvalue weighted by molar-refractivity contribution is 6.02. The van der Waals surface area contributed by atoms with Crippen LogP contribution in [-0.4, -0.2) is 24.5 Å². The van der Waals surface area contributed by atoms with E-state index in [1.165, 1.54) is 6.07 Å². The lowest BCUT2D eigenvalue weighted by Gasteiger charge is -2.19. The fourth-order valence-electron chi connectivity index (χ4n) is 4.52. The van der Waals surface area contributed by atoms with Crippen LogP contribution in [0.1, 0.15) is 51.2 Å². The topological polar surface area (TPSA) is 76.7 Å². The van der Waals surface area contributed by atoms with Crippen molar-refractivity contribution in [2.75, 3.05) is 17.4 Å². The molecule has 168 valence electrons. The molecule has 5 rings (SSSR count). The largest absolute Gasteiger partial charge is 0.454 e. The van der Waals surface area contributed by atoms with Crippen LogP contribution < -0.4 is 20.1 Å². The van der Waals surface area contributed by atoms with Gasteiger partial charge in [0.25, 0.3) is 0 Å². The molecule has 1 unspecified atom stereocenters. The van der Waals surface area contributed by atoms with Crippen molar-refractivity contribution in [3.05, 3.63) is 47.3 Å². The van der Waals surface area contributed by atoms with E-state index in [-0.39, 0.29) is 35.6 Å². The average Bonchev–Trinajstić information content (AvgIpc) is 3.21. The molecule has 2 heterocycles. The van der Waals surface area contributed by atoms with Gasteiger partial charge in [-0.3, -0.25) is 9.59 Å². The zero-order chi connectivity index (χ0) is 22.7. The van der Waals surface area contributed by atoms with Crippen LogP contribution >= 0.6 is 0 Å². The number of hydrogen-bond donors (Lipinski definition) is 2. The first kappa shape index (κ1) is 20.8. The van der Waals surface area contributed by atoms with Crippen LogP contribution in [0.5, 0.6) is 11.5 Å². The zero-order valence-electron chi connectivity index (χ0n) is 18.5. The molecule has 1 atom stereocenters. The molecule has 1 saturated carbocycles. The number of ether oxygens (including phenoxy) is 2. The average molecular weight is 438 g/mol. The second kappa shape index (κ2) is 7.22. The summed E-state index contributed by atoms with van der Waals surface area (Å²) in [5, 5.41) is 5.94. The highest BCUT2D eigenvalue weighted by Crippen LogP contribution is 2.51.